The number of amides is 1. The van der Waals surface area contributed by atoms with Gasteiger partial charge in [0.25, 0.3) is 0 Å². The fourth-order valence-electron chi connectivity index (χ4n) is 1.87. The number of carbonyl (C=O) groups excluding carboxylic acids is 1. The molecule has 0 aliphatic heterocycles. The van der Waals surface area contributed by atoms with Crippen LogP contribution in [0.2, 0.25) is 0 Å². The Morgan fingerprint density at radius 3 is 2.55 bits per heavy atom. The lowest BCUT2D eigenvalue weighted by Gasteiger charge is -2.21. The quantitative estimate of drug-likeness (QED) is 0.749. The Labute approximate surface area is 128 Å². The van der Waals surface area contributed by atoms with Gasteiger partial charge >= 0.3 is 12.3 Å². The summed E-state index contributed by atoms with van der Waals surface area (Å²) in [6.07, 6.45) is -4.33. The third kappa shape index (κ3) is 8.51. The van der Waals surface area contributed by atoms with Crippen molar-refractivity contribution in [1.29, 1.82) is 0 Å². The van der Waals surface area contributed by atoms with Crippen LogP contribution in [0.15, 0.2) is 30.3 Å². The van der Waals surface area contributed by atoms with E-state index in [1.54, 1.807) is 6.92 Å². The van der Waals surface area contributed by atoms with Gasteiger partial charge < -0.3 is 10.1 Å². The Morgan fingerprint density at radius 2 is 1.95 bits per heavy atom. The van der Waals surface area contributed by atoms with Crippen LogP contribution in [0.1, 0.15) is 18.9 Å². The van der Waals surface area contributed by atoms with Gasteiger partial charge in [-0.1, -0.05) is 37.3 Å². The predicted octanol–water partition coefficient (Wildman–Crippen LogP) is 3.19. The predicted molar refractivity (Wildman–Crippen MR) is 77.4 cm³/mol. The second-order valence-electron chi connectivity index (χ2n) is 4.83. The lowest BCUT2D eigenvalue weighted by atomic mass is 10.2. The smallest absolute Gasteiger partial charge is 0.407 e. The molecular formula is C15H21F3N2O2. The third-order valence-electron chi connectivity index (χ3n) is 2.98. The maximum Gasteiger partial charge on any atom is 0.407 e. The first kappa shape index (κ1) is 18.3. The highest BCUT2D eigenvalue weighted by molar-refractivity contribution is 5.67. The molecule has 0 aliphatic rings. The van der Waals surface area contributed by atoms with Crippen LogP contribution in [0.5, 0.6) is 0 Å². The van der Waals surface area contributed by atoms with E-state index in [-0.39, 0.29) is 19.7 Å². The largest absolute Gasteiger partial charge is 0.445 e. The highest BCUT2D eigenvalue weighted by Gasteiger charge is 2.29. The van der Waals surface area contributed by atoms with Gasteiger partial charge in [0.15, 0.2) is 0 Å². The van der Waals surface area contributed by atoms with Crippen molar-refractivity contribution in [2.75, 3.05) is 26.2 Å². The average molecular weight is 318 g/mol. The van der Waals surface area contributed by atoms with E-state index in [1.807, 2.05) is 30.3 Å². The van der Waals surface area contributed by atoms with Crippen LogP contribution in [0, 0.1) is 0 Å². The van der Waals surface area contributed by atoms with E-state index in [0.29, 0.717) is 13.0 Å². The molecule has 0 unspecified atom stereocenters. The number of ether oxygens (including phenoxy) is 1. The van der Waals surface area contributed by atoms with Crippen LogP contribution < -0.4 is 5.32 Å². The average Bonchev–Trinajstić information content (AvgIpc) is 2.48. The highest BCUT2D eigenvalue weighted by Crippen LogP contribution is 2.16. The van der Waals surface area contributed by atoms with Crippen LogP contribution in [0.3, 0.4) is 0 Å². The summed E-state index contributed by atoms with van der Waals surface area (Å²) in [5.74, 6) is 0. The first-order valence-electron chi connectivity index (χ1n) is 7.14. The van der Waals surface area contributed by atoms with Crippen LogP contribution in [-0.2, 0) is 11.3 Å². The van der Waals surface area contributed by atoms with Gasteiger partial charge in [0, 0.05) is 13.1 Å². The molecule has 0 saturated carbocycles. The summed E-state index contributed by atoms with van der Waals surface area (Å²) in [5, 5.41) is 2.53. The zero-order valence-corrected chi connectivity index (χ0v) is 12.5. The molecule has 124 valence electrons. The topological polar surface area (TPSA) is 41.6 Å². The van der Waals surface area contributed by atoms with E-state index >= 15 is 0 Å². The molecule has 0 spiro atoms. The normalized spacial score (nSPS) is 11.5. The second kappa shape index (κ2) is 9.30. The molecule has 0 heterocycles. The van der Waals surface area contributed by atoms with Gasteiger partial charge in [-0.25, -0.2) is 4.79 Å². The summed E-state index contributed by atoms with van der Waals surface area (Å²) < 4.78 is 41.8. The van der Waals surface area contributed by atoms with Crippen molar-refractivity contribution in [2.45, 2.75) is 26.1 Å². The summed E-state index contributed by atoms with van der Waals surface area (Å²) in [6.45, 7) is 1.78. The Balaban J connectivity index is 2.14. The summed E-state index contributed by atoms with van der Waals surface area (Å²) >= 11 is 0. The van der Waals surface area contributed by atoms with Crippen LogP contribution in [-0.4, -0.2) is 43.3 Å². The number of hydrogen-bond donors (Lipinski definition) is 1. The molecule has 0 saturated heterocycles. The lowest BCUT2D eigenvalue weighted by Crippen LogP contribution is -2.36. The Hall–Kier alpha value is -1.76. The number of alkyl halides is 3. The maximum atomic E-state index is 12.3. The number of alkyl carbamates (subject to hydrolysis) is 1. The lowest BCUT2D eigenvalue weighted by molar-refractivity contribution is -0.145. The van der Waals surface area contributed by atoms with Crippen LogP contribution >= 0.6 is 0 Å². The molecule has 22 heavy (non-hydrogen) atoms. The van der Waals surface area contributed by atoms with Gasteiger partial charge in [-0.2, -0.15) is 13.2 Å². The van der Waals surface area contributed by atoms with Crippen molar-refractivity contribution < 1.29 is 22.7 Å². The van der Waals surface area contributed by atoms with E-state index in [0.717, 1.165) is 5.56 Å². The van der Waals surface area contributed by atoms with Crippen molar-refractivity contribution in [1.82, 2.24) is 10.2 Å². The van der Waals surface area contributed by atoms with Crippen molar-refractivity contribution >= 4 is 6.09 Å². The van der Waals surface area contributed by atoms with Gasteiger partial charge in [-0.15, -0.1) is 0 Å². The van der Waals surface area contributed by atoms with Crippen molar-refractivity contribution in [3.05, 3.63) is 35.9 Å². The third-order valence-corrected chi connectivity index (χ3v) is 2.98. The van der Waals surface area contributed by atoms with E-state index in [1.165, 1.54) is 4.90 Å². The molecule has 1 N–H and O–H groups in total. The first-order chi connectivity index (χ1) is 10.4. The molecule has 0 aliphatic carbocycles. The molecule has 1 aromatic rings. The van der Waals surface area contributed by atoms with Gasteiger partial charge in [-0.05, 0) is 18.5 Å². The van der Waals surface area contributed by atoms with Crippen molar-refractivity contribution in [2.24, 2.45) is 0 Å². The monoisotopic (exact) mass is 318 g/mol. The maximum absolute atomic E-state index is 12.3. The fourth-order valence-corrected chi connectivity index (χ4v) is 1.87. The van der Waals surface area contributed by atoms with Crippen LogP contribution in [0.25, 0.3) is 0 Å². The number of halogens is 3. The number of carbonyl (C=O) groups is 1. The van der Waals surface area contributed by atoms with Crippen LogP contribution in [0.4, 0.5) is 18.0 Å². The van der Waals surface area contributed by atoms with E-state index in [4.69, 9.17) is 4.74 Å². The molecule has 1 amide bonds. The molecule has 1 rings (SSSR count). The van der Waals surface area contributed by atoms with E-state index < -0.39 is 18.8 Å². The zero-order valence-electron chi connectivity index (χ0n) is 12.5. The Bertz CT molecular complexity index is 438. The molecule has 0 aromatic heterocycles. The summed E-state index contributed by atoms with van der Waals surface area (Å²) in [7, 11) is 0. The number of hydrogen-bond acceptors (Lipinski definition) is 3. The molecule has 1 aromatic carbocycles. The molecule has 0 radical (unpaired) electrons. The van der Waals surface area contributed by atoms with E-state index in [9.17, 15) is 18.0 Å². The van der Waals surface area contributed by atoms with Crippen molar-refractivity contribution in [3.63, 3.8) is 0 Å². The fraction of sp³-hybridized carbons (Fsp3) is 0.533. The standard InChI is InChI=1S/C15H21F3N2O2/c1-2-20(12-15(16,17)18)10-6-9-19-14(21)22-11-13-7-4-3-5-8-13/h3-5,7-8H,2,6,9-12H2,1H3,(H,19,21). The van der Waals surface area contributed by atoms with Gasteiger partial charge in [0.1, 0.15) is 6.61 Å². The Morgan fingerprint density at radius 1 is 1.27 bits per heavy atom. The second-order valence-corrected chi connectivity index (χ2v) is 4.83. The number of rotatable bonds is 8. The number of nitrogens with zero attached hydrogens (tertiary/aromatic N) is 1. The molecule has 0 fully saturated rings. The van der Waals surface area contributed by atoms with Gasteiger partial charge in [0.05, 0.1) is 6.54 Å². The van der Waals surface area contributed by atoms with E-state index in [2.05, 4.69) is 5.32 Å². The van der Waals surface area contributed by atoms with Crippen molar-refractivity contribution in [3.8, 4) is 0 Å². The minimum atomic E-state index is -4.20. The summed E-state index contributed by atoms with van der Waals surface area (Å²) in [6, 6.07) is 9.23. The van der Waals surface area contributed by atoms with Gasteiger partial charge in [-0.3, -0.25) is 4.90 Å². The molecule has 0 bridgehead atoms. The molecular weight excluding hydrogens is 297 g/mol. The highest BCUT2D eigenvalue weighted by atomic mass is 19.4. The molecule has 7 heteroatoms. The summed E-state index contributed by atoms with van der Waals surface area (Å²) in [4.78, 5) is 12.7. The SMILES string of the molecule is CCN(CCCNC(=O)OCc1ccccc1)CC(F)(F)F. The minimum Gasteiger partial charge on any atom is -0.445 e. The first-order valence-corrected chi connectivity index (χ1v) is 7.14. The molecule has 4 nitrogen and oxygen atoms in total. The molecule has 0 atom stereocenters. The minimum absolute atomic E-state index is 0.168. The Kier molecular flexibility index (Phi) is 7.73. The zero-order chi connectivity index (χ0) is 16.4. The summed E-state index contributed by atoms with van der Waals surface area (Å²) in [5.41, 5.74) is 0.875. The number of nitrogens with one attached hydrogen (secondary N) is 1. The van der Waals surface area contributed by atoms with Gasteiger partial charge in [0.2, 0.25) is 0 Å². The number of benzene rings is 1.